The highest BCUT2D eigenvalue weighted by Crippen LogP contribution is 2.32. The summed E-state index contributed by atoms with van der Waals surface area (Å²) in [6.07, 6.45) is 3.71. The minimum absolute atomic E-state index is 0.00119. The molecule has 2 aromatic heterocycles. The molecule has 0 amide bonds. The normalized spacial score (nSPS) is 21.8. The molecule has 7 nitrogen and oxygen atoms in total. The van der Waals surface area contributed by atoms with Gasteiger partial charge in [0.1, 0.15) is 4.90 Å². The molecule has 3 rings (SSSR count). The van der Waals surface area contributed by atoms with Gasteiger partial charge in [0.05, 0.1) is 11.9 Å². The van der Waals surface area contributed by atoms with Crippen molar-refractivity contribution in [1.82, 2.24) is 19.1 Å². The number of nitrogens with zero attached hydrogens (tertiary/aromatic N) is 4. The van der Waals surface area contributed by atoms with Crippen LogP contribution in [0.1, 0.15) is 26.0 Å². The summed E-state index contributed by atoms with van der Waals surface area (Å²) in [7, 11) is -3.61. The fraction of sp³-hybridized carbons (Fsp3) is 0.500. The quantitative estimate of drug-likeness (QED) is 0.902. The fourth-order valence-corrected chi connectivity index (χ4v) is 4.79. The second-order valence-corrected chi connectivity index (χ2v) is 8.82. The summed E-state index contributed by atoms with van der Waals surface area (Å²) in [5.41, 5.74) is 6.42. The van der Waals surface area contributed by atoms with E-state index in [1.165, 1.54) is 10.5 Å². The maximum absolute atomic E-state index is 13.1. The van der Waals surface area contributed by atoms with E-state index in [0.29, 0.717) is 31.0 Å². The van der Waals surface area contributed by atoms with Gasteiger partial charge in [-0.15, -0.1) is 0 Å². The lowest BCUT2D eigenvalue weighted by atomic mass is 9.81. The van der Waals surface area contributed by atoms with Crippen LogP contribution in [0.4, 0.5) is 0 Å². The van der Waals surface area contributed by atoms with E-state index in [9.17, 15) is 8.42 Å². The summed E-state index contributed by atoms with van der Waals surface area (Å²) >= 11 is 0. The highest BCUT2D eigenvalue weighted by atomic mass is 32.2. The average molecular weight is 349 g/mol. The molecule has 0 bridgehead atoms. The van der Waals surface area contributed by atoms with Crippen molar-refractivity contribution in [2.24, 2.45) is 11.1 Å². The molecule has 1 unspecified atom stereocenters. The summed E-state index contributed by atoms with van der Waals surface area (Å²) in [6, 6.07) is 5.44. The van der Waals surface area contributed by atoms with Crippen molar-refractivity contribution in [2.45, 2.75) is 38.1 Å². The van der Waals surface area contributed by atoms with Crippen LogP contribution in [0.25, 0.3) is 5.82 Å². The lowest BCUT2D eigenvalue weighted by Crippen LogP contribution is -2.53. The van der Waals surface area contributed by atoms with Crippen molar-refractivity contribution < 1.29 is 8.42 Å². The monoisotopic (exact) mass is 349 g/mol. The molecule has 0 spiro atoms. The first kappa shape index (κ1) is 17.1. The molecule has 1 aliphatic rings. The van der Waals surface area contributed by atoms with Gasteiger partial charge in [0.2, 0.25) is 10.0 Å². The largest absolute Gasteiger partial charge is 0.327 e. The van der Waals surface area contributed by atoms with Crippen LogP contribution in [-0.2, 0) is 10.0 Å². The summed E-state index contributed by atoms with van der Waals surface area (Å²) < 4.78 is 29.2. The van der Waals surface area contributed by atoms with Crippen molar-refractivity contribution in [2.75, 3.05) is 13.1 Å². The van der Waals surface area contributed by atoms with E-state index in [-0.39, 0.29) is 16.4 Å². The molecule has 0 saturated carbocycles. The molecule has 0 aromatic carbocycles. The molecule has 130 valence electrons. The average Bonchev–Trinajstić information content (AvgIpc) is 2.93. The van der Waals surface area contributed by atoms with Gasteiger partial charge in [-0.25, -0.2) is 18.1 Å². The Bertz CT molecular complexity index is 829. The molecule has 1 saturated heterocycles. The summed E-state index contributed by atoms with van der Waals surface area (Å²) in [5.74, 6) is 0.595. The van der Waals surface area contributed by atoms with E-state index in [1.807, 2.05) is 19.9 Å². The van der Waals surface area contributed by atoms with Crippen LogP contribution in [0.5, 0.6) is 0 Å². The van der Waals surface area contributed by atoms with Gasteiger partial charge < -0.3 is 5.73 Å². The van der Waals surface area contributed by atoms with E-state index in [4.69, 9.17) is 5.73 Å². The van der Waals surface area contributed by atoms with E-state index in [0.717, 1.165) is 0 Å². The fourth-order valence-electron chi connectivity index (χ4n) is 3.03. The Kier molecular flexibility index (Phi) is 4.23. The van der Waals surface area contributed by atoms with Crippen LogP contribution in [-0.4, -0.2) is 46.6 Å². The van der Waals surface area contributed by atoms with Crippen molar-refractivity contribution >= 4 is 10.0 Å². The third kappa shape index (κ3) is 2.85. The molecule has 24 heavy (non-hydrogen) atoms. The third-order valence-electron chi connectivity index (χ3n) is 4.73. The lowest BCUT2D eigenvalue weighted by molar-refractivity contribution is 0.155. The Morgan fingerprint density at radius 2 is 2.08 bits per heavy atom. The zero-order chi connectivity index (χ0) is 17.5. The first-order chi connectivity index (χ1) is 11.2. The zero-order valence-electron chi connectivity index (χ0n) is 14.2. The first-order valence-electron chi connectivity index (χ1n) is 7.95. The van der Waals surface area contributed by atoms with Gasteiger partial charge in [0.15, 0.2) is 5.82 Å². The maximum atomic E-state index is 13.1. The highest BCUT2D eigenvalue weighted by molar-refractivity contribution is 7.89. The molecule has 0 radical (unpaired) electrons. The van der Waals surface area contributed by atoms with Crippen LogP contribution < -0.4 is 5.73 Å². The third-order valence-corrected chi connectivity index (χ3v) is 6.67. The molecule has 8 heteroatoms. The van der Waals surface area contributed by atoms with Crippen LogP contribution in [0.2, 0.25) is 0 Å². The van der Waals surface area contributed by atoms with Crippen molar-refractivity contribution in [3.63, 3.8) is 0 Å². The summed E-state index contributed by atoms with van der Waals surface area (Å²) in [6.45, 7) is 6.59. The predicted octanol–water partition coefficient (Wildman–Crippen LogP) is 1.32. The number of pyridine rings is 1. The Balaban J connectivity index is 1.96. The van der Waals surface area contributed by atoms with E-state index >= 15 is 0 Å². The van der Waals surface area contributed by atoms with Gasteiger partial charge in [-0.2, -0.15) is 9.40 Å². The number of hydrogen-bond donors (Lipinski definition) is 1. The molecule has 2 aromatic rings. The molecule has 1 fully saturated rings. The number of sulfonamides is 1. The van der Waals surface area contributed by atoms with E-state index in [2.05, 4.69) is 10.1 Å². The van der Waals surface area contributed by atoms with Gasteiger partial charge >= 0.3 is 0 Å². The Labute approximate surface area is 142 Å². The topological polar surface area (TPSA) is 94.1 Å². The van der Waals surface area contributed by atoms with Crippen LogP contribution in [0.15, 0.2) is 35.5 Å². The second-order valence-electron chi connectivity index (χ2n) is 6.92. The van der Waals surface area contributed by atoms with E-state index in [1.54, 1.807) is 29.9 Å². The molecule has 1 atom stereocenters. The molecular formula is C16H23N5O2S. The standard InChI is InChI=1S/C16H23N5O2S/c1-12-13(10-19-21(12)15-6-4-5-8-18-15)24(22,23)20-9-7-14(17)16(2,3)11-20/h4-6,8,10,14H,7,9,11,17H2,1-3H3. The van der Waals surface area contributed by atoms with Gasteiger partial charge in [-0.05, 0) is 30.9 Å². The lowest BCUT2D eigenvalue weighted by Gasteiger charge is -2.41. The van der Waals surface area contributed by atoms with Crippen molar-refractivity contribution in [1.29, 1.82) is 0 Å². The first-order valence-corrected chi connectivity index (χ1v) is 9.39. The van der Waals surface area contributed by atoms with Gasteiger partial charge in [-0.3, -0.25) is 0 Å². The predicted molar refractivity (Wildman–Crippen MR) is 91.2 cm³/mol. The number of aromatic nitrogens is 3. The zero-order valence-corrected chi connectivity index (χ0v) is 15.0. The van der Waals surface area contributed by atoms with Crippen molar-refractivity contribution in [3.8, 4) is 5.82 Å². The molecular weight excluding hydrogens is 326 g/mol. The molecule has 0 aliphatic carbocycles. The minimum atomic E-state index is -3.61. The van der Waals surface area contributed by atoms with Crippen molar-refractivity contribution in [3.05, 3.63) is 36.3 Å². The SMILES string of the molecule is Cc1c(S(=O)(=O)N2CCC(N)C(C)(C)C2)cnn1-c1ccccn1. The van der Waals surface area contributed by atoms with Gasteiger partial charge in [0, 0.05) is 25.3 Å². The number of hydrogen-bond acceptors (Lipinski definition) is 5. The Morgan fingerprint density at radius 3 is 2.71 bits per heavy atom. The number of rotatable bonds is 3. The smallest absolute Gasteiger partial charge is 0.246 e. The number of nitrogens with two attached hydrogens (primary N) is 1. The van der Waals surface area contributed by atoms with Crippen LogP contribution in [0.3, 0.4) is 0 Å². The van der Waals surface area contributed by atoms with Gasteiger partial charge in [-0.1, -0.05) is 19.9 Å². The highest BCUT2D eigenvalue weighted by Gasteiger charge is 2.39. The number of piperidine rings is 1. The Hall–Kier alpha value is -1.77. The summed E-state index contributed by atoms with van der Waals surface area (Å²) in [5, 5.41) is 4.22. The second kappa shape index (κ2) is 5.94. The van der Waals surface area contributed by atoms with Crippen LogP contribution in [0, 0.1) is 12.3 Å². The summed E-state index contributed by atoms with van der Waals surface area (Å²) in [4.78, 5) is 4.45. The molecule has 2 N–H and O–H groups in total. The van der Waals surface area contributed by atoms with Gasteiger partial charge in [0.25, 0.3) is 0 Å². The molecule has 1 aliphatic heterocycles. The minimum Gasteiger partial charge on any atom is -0.327 e. The molecule has 3 heterocycles. The van der Waals surface area contributed by atoms with E-state index < -0.39 is 10.0 Å². The van der Waals surface area contributed by atoms with Crippen LogP contribution >= 0.6 is 0 Å². The maximum Gasteiger partial charge on any atom is 0.246 e. The Morgan fingerprint density at radius 1 is 1.33 bits per heavy atom.